The molecule has 0 aromatic carbocycles. The van der Waals surface area contributed by atoms with Gasteiger partial charge in [0.2, 0.25) is 0 Å². The molecule has 282 valence electrons. The van der Waals surface area contributed by atoms with Gasteiger partial charge in [0.05, 0.1) is 19.8 Å². The molecule has 0 aliphatic carbocycles. The van der Waals surface area contributed by atoms with Crippen LogP contribution in [-0.2, 0) is 23.7 Å². The van der Waals surface area contributed by atoms with Crippen LogP contribution in [0.2, 0.25) is 0 Å². The summed E-state index contributed by atoms with van der Waals surface area (Å²) in [6.45, 7) is 4.47. The minimum absolute atomic E-state index is 0.114. The minimum Gasteiger partial charge on any atom is -0.457 e. The van der Waals surface area contributed by atoms with Gasteiger partial charge in [-0.15, -0.1) is 0 Å². The standard InChI is InChI=1S/C39H72O9/c1-3-5-7-9-11-12-13-14-15-16-17-18-19-20-21-23-25-27-29-45-31-33(47-35(41)28-26-24-22-10-8-6-4-2)32-46-39-38(44)37(43)36(42)34(30-40)48-39/h11-12,14-15,33-34,36-40,42-44H,3-10,13,16-32H2,1-2H3/b12-11-,15-14-. The number of carbonyl (C=O) groups excluding carboxylic acids is 1. The number of esters is 1. The highest BCUT2D eigenvalue weighted by Gasteiger charge is 2.44. The first-order chi connectivity index (χ1) is 23.4. The van der Waals surface area contributed by atoms with E-state index >= 15 is 0 Å². The molecule has 1 aliphatic heterocycles. The smallest absolute Gasteiger partial charge is 0.306 e. The summed E-state index contributed by atoms with van der Waals surface area (Å²) in [5, 5.41) is 39.8. The minimum atomic E-state index is -1.53. The molecule has 9 heteroatoms. The fraction of sp³-hybridized carbons (Fsp3) is 0.872. The molecule has 6 unspecified atom stereocenters. The number of carbonyl (C=O) groups is 1. The van der Waals surface area contributed by atoms with Crippen LogP contribution >= 0.6 is 0 Å². The number of rotatable bonds is 32. The van der Waals surface area contributed by atoms with Gasteiger partial charge in [-0.3, -0.25) is 4.79 Å². The lowest BCUT2D eigenvalue weighted by Crippen LogP contribution is -2.59. The fourth-order valence-corrected chi connectivity index (χ4v) is 5.76. The van der Waals surface area contributed by atoms with E-state index in [4.69, 9.17) is 18.9 Å². The van der Waals surface area contributed by atoms with Crippen LogP contribution in [0.3, 0.4) is 0 Å². The summed E-state index contributed by atoms with van der Waals surface area (Å²) < 4.78 is 22.6. The average molecular weight is 685 g/mol. The fourth-order valence-electron chi connectivity index (χ4n) is 5.76. The first-order valence-electron chi connectivity index (χ1n) is 19.4. The Bertz CT molecular complexity index is 787. The number of aliphatic hydroxyl groups excluding tert-OH is 4. The molecular weight excluding hydrogens is 612 g/mol. The van der Waals surface area contributed by atoms with Crippen LogP contribution in [0.25, 0.3) is 0 Å². The molecule has 0 aromatic heterocycles. The Balaban J connectivity index is 2.25. The third-order valence-corrected chi connectivity index (χ3v) is 8.87. The predicted octanol–water partition coefficient (Wildman–Crippen LogP) is 7.47. The maximum atomic E-state index is 12.6. The van der Waals surface area contributed by atoms with E-state index in [1.165, 1.54) is 96.3 Å². The molecule has 0 radical (unpaired) electrons. The molecule has 6 atom stereocenters. The van der Waals surface area contributed by atoms with Crippen molar-refractivity contribution in [2.75, 3.05) is 26.4 Å². The molecule has 0 aromatic rings. The Kier molecular flexibility index (Phi) is 29.5. The zero-order valence-electron chi connectivity index (χ0n) is 30.5. The number of aliphatic hydroxyl groups is 4. The van der Waals surface area contributed by atoms with Gasteiger partial charge in [0, 0.05) is 13.0 Å². The molecule has 0 spiro atoms. The summed E-state index contributed by atoms with van der Waals surface area (Å²) in [4.78, 5) is 12.6. The van der Waals surface area contributed by atoms with Crippen molar-refractivity contribution >= 4 is 5.97 Å². The second-order valence-electron chi connectivity index (χ2n) is 13.4. The van der Waals surface area contributed by atoms with E-state index in [0.29, 0.717) is 13.0 Å². The van der Waals surface area contributed by atoms with Crippen molar-refractivity contribution in [3.05, 3.63) is 24.3 Å². The molecule has 9 nitrogen and oxygen atoms in total. The van der Waals surface area contributed by atoms with E-state index in [0.717, 1.165) is 38.5 Å². The lowest BCUT2D eigenvalue weighted by atomic mass is 9.99. The third-order valence-electron chi connectivity index (χ3n) is 8.87. The number of hydrogen-bond acceptors (Lipinski definition) is 9. The van der Waals surface area contributed by atoms with Crippen LogP contribution in [0.5, 0.6) is 0 Å². The first-order valence-corrected chi connectivity index (χ1v) is 19.4. The molecule has 48 heavy (non-hydrogen) atoms. The van der Waals surface area contributed by atoms with Crippen molar-refractivity contribution in [1.29, 1.82) is 0 Å². The molecule has 1 fully saturated rings. The number of ether oxygens (including phenoxy) is 4. The maximum absolute atomic E-state index is 12.6. The second-order valence-corrected chi connectivity index (χ2v) is 13.4. The van der Waals surface area contributed by atoms with E-state index in [9.17, 15) is 25.2 Å². The summed E-state index contributed by atoms with van der Waals surface area (Å²) in [5.74, 6) is -0.323. The highest BCUT2D eigenvalue weighted by molar-refractivity contribution is 5.69. The highest BCUT2D eigenvalue weighted by Crippen LogP contribution is 2.22. The SMILES string of the molecule is CCCCC/C=C\C/C=C\CCCCCCCCCCOCC(COC1OC(CO)C(O)C(O)C1O)OC(=O)CCCCCCCCC. The Labute approximate surface area is 292 Å². The molecule has 0 amide bonds. The van der Waals surface area contributed by atoms with Gasteiger partial charge in [0.25, 0.3) is 0 Å². The summed E-state index contributed by atoms with van der Waals surface area (Å²) in [6.07, 6.45) is 26.5. The predicted molar refractivity (Wildman–Crippen MR) is 192 cm³/mol. The van der Waals surface area contributed by atoms with Gasteiger partial charge in [-0.25, -0.2) is 0 Å². The Morgan fingerprint density at radius 1 is 0.667 bits per heavy atom. The van der Waals surface area contributed by atoms with Gasteiger partial charge in [-0.2, -0.15) is 0 Å². The molecule has 1 saturated heterocycles. The van der Waals surface area contributed by atoms with Crippen molar-refractivity contribution in [1.82, 2.24) is 0 Å². The largest absolute Gasteiger partial charge is 0.457 e. The van der Waals surface area contributed by atoms with Gasteiger partial charge in [0.15, 0.2) is 6.29 Å². The zero-order valence-corrected chi connectivity index (χ0v) is 30.5. The monoisotopic (exact) mass is 685 g/mol. The van der Waals surface area contributed by atoms with Gasteiger partial charge in [0.1, 0.15) is 30.5 Å². The van der Waals surface area contributed by atoms with Gasteiger partial charge < -0.3 is 39.4 Å². The number of unbranched alkanes of at least 4 members (excludes halogenated alkanes) is 17. The van der Waals surface area contributed by atoms with Crippen LogP contribution in [0.15, 0.2) is 24.3 Å². The Morgan fingerprint density at radius 2 is 1.21 bits per heavy atom. The zero-order chi connectivity index (χ0) is 35.1. The number of hydrogen-bond donors (Lipinski definition) is 4. The van der Waals surface area contributed by atoms with Crippen molar-refractivity contribution in [3.8, 4) is 0 Å². The summed E-state index contributed by atoms with van der Waals surface area (Å²) in [5.41, 5.74) is 0. The van der Waals surface area contributed by atoms with Crippen molar-refractivity contribution in [3.63, 3.8) is 0 Å². The topological polar surface area (TPSA) is 135 Å². The normalized spacial score (nSPS) is 22.2. The van der Waals surface area contributed by atoms with Crippen molar-refractivity contribution in [2.24, 2.45) is 0 Å². The van der Waals surface area contributed by atoms with Crippen molar-refractivity contribution in [2.45, 2.75) is 192 Å². The molecule has 0 saturated carbocycles. The van der Waals surface area contributed by atoms with E-state index < -0.39 is 43.4 Å². The van der Waals surface area contributed by atoms with E-state index in [1.807, 2.05) is 0 Å². The van der Waals surface area contributed by atoms with E-state index in [1.54, 1.807) is 0 Å². The van der Waals surface area contributed by atoms with Gasteiger partial charge in [-0.05, 0) is 44.9 Å². The summed E-state index contributed by atoms with van der Waals surface area (Å²) in [7, 11) is 0. The van der Waals surface area contributed by atoms with Gasteiger partial charge >= 0.3 is 5.97 Å². The van der Waals surface area contributed by atoms with Crippen LogP contribution < -0.4 is 0 Å². The molecule has 0 bridgehead atoms. The van der Waals surface area contributed by atoms with Crippen LogP contribution in [-0.4, -0.2) is 89.6 Å². The third kappa shape index (κ3) is 23.1. The van der Waals surface area contributed by atoms with E-state index in [2.05, 4.69) is 38.2 Å². The maximum Gasteiger partial charge on any atom is 0.306 e. The quantitative estimate of drug-likeness (QED) is 0.0323. The highest BCUT2D eigenvalue weighted by atomic mass is 16.7. The van der Waals surface area contributed by atoms with Crippen LogP contribution in [0.4, 0.5) is 0 Å². The molecule has 1 aliphatic rings. The molecule has 4 N–H and O–H groups in total. The van der Waals surface area contributed by atoms with Crippen LogP contribution in [0.1, 0.15) is 155 Å². The molecule has 1 rings (SSSR count). The van der Waals surface area contributed by atoms with Gasteiger partial charge in [-0.1, -0.05) is 128 Å². The molecular formula is C39H72O9. The Morgan fingerprint density at radius 3 is 1.83 bits per heavy atom. The second kappa shape index (κ2) is 31.6. The molecule has 1 heterocycles. The average Bonchev–Trinajstić information content (AvgIpc) is 3.08. The first kappa shape index (κ1) is 44.7. The van der Waals surface area contributed by atoms with Crippen LogP contribution in [0, 0.1) is 0 Å². The lowest BCUT2D eigenvalue weighted by Gasteiger charge is -2.39. The summed E-state index contributed by atoms with van der Waals surface area (Å²) in [6, 6.07) is 0. The Hall–Kier alpha value is -1.33. The van der Waals surface area contributed by atoms with E-state index in [-0.39, 0.29) is 19.2 Å². The number of allylic oxidation sites excluding steroid dienone is 4. The lowest BCUT2D eigenvalue weighted by molar-refractivity contribution is -0.305. The van der Waals surface area contributed by atoms with Crippen molar-refractivity contribution < 1.29 is 44.2 Å². The summed E-state index contributed by atoms with van der Waals surface area (Å²) >= 11 is 0.